The fourth-order valence-electron chi connectivity index (χ4n) is 2.46. The van der Waals surface area contributed by atoms with Gasteiger partial charge in [-0.15, -0.1) is 0 Å². The summed E-state index contributed by atoms with van der Waals surface area (Å²) in [7, 11) is -1.20. The van der Waals surface area contributed by atoms with Crippen LogP contribution in [0.25, 0.3) is 0 Å². The number of rotatable bonds is 5. The van der Waals surface area contributed by atoms with Crippen LogP contribution in [0.15, 0.2) is 29.3 Å². The maximum absolute atomic E-state index is 11.4. The molecule has 122 valence electrons. The topological polar surface area (TPSA) is 90.8 Å². The van der Waals surface area contributed by atoms with Crippen molar-refractivity contribution in [1.29, 1.82) is 0 Å². The Kier molecular flexibility index (Phi) is 5.65. The van der Waals surface area contributed by atoms with Crippen molar-refractivity contribution in [2.75, 3.05) is 25.1 Å². The Morgan fingerprint density at radius 3 is 2.68 bits per heavy atom. The van der Waals surface area contributed by atoms with E-state index in [1.807, 2.05) is 12.1 Å². The molecule has 1 aromatic rings. The molecular formula is C15H23N3O3S. The third-order valence-corrected chi connectivity index (χ3v) is 5.44. The quantitative estimate of drug-likeness (QED) is 0.421. The van der Waals surface area contributed by atoms with Crippen LogP contribution in [0.2, 0.25) is 0 Å². The molecule has 0 aromatic heterocycles. The van der Waals surface area contributed by atoms with Gasteiger partial charge in [0.25, 0.3) is 0 Å². The van der Waals surface area contributed by atoms with Gasteiger partial charge in [0.1, 0.15) is 5.75 Å². The summed E-state index contributed by atoms with van der Waals surface area (Å²) in [5.74, 6) is 1.36. The molecule has 6 nitrogen and oxygen atoms in total. The van der Waals surface area contributed by atoms with Crippen LogP contribution in [-0.4, -0.2) is 50.6 Å². The SMILES string of the molecule is CN=C(NCCCc1ccc(O)cc1)NC1CCS(=O)(=O)C1. The number of sulfone groups is 1. The van der Waals surface area contributed by atoms with Crippen molar-refractivity contribution in [2.24, 2.45) is 4.99 Å². The van der Waals surface area contributed by atoms with Gasteiger partial charge in [-0.2, -0.15) is 0 Å². The first-order chi connectivity index (χ1) is 10.5. The van der Waals surface area contributed by atoms with Crippen molar-refractivity contribution in [3.63, 3.8) is 0 Å². The fraction of sp³-hybridized carbons (Fsp3) is 0.533. The molecule has 0 spiro atoms. The molecule has 1 saturated heterocycles. The van der Waals surface area contributed by atoms with E-state index in [0.29, 0.717) is 12.4 Å². The van der Waals surface area contributed by atoms with Gasteiger partial charge in [-0.1, -0.05) is 12.1 Å². The van der Waals surface area contributed by atoms with Gasteiger partial charge in [-0.05, 0) is 37.0 Å². The van der Waals surface area contributed by atoms with Crippen molar-refractivity contribution >= 4 is 15.8 Å². The number of hydrogen-bond acceptors (Lipinski definition) is 4. The summed E-state index contributed by atoms with van der Waals surface area (Å²) in [5, 5.41) is 15.6. The monoisotopic (exact) mass is 325 g/mol. The maximum atomic E-state index is 11.4. The number of nitrogens with one attached hydrogen (secondary N) is 2. The molecule has 1 aliphatic heterocycles. The van der Waals surface area contributed by atoms with Crippen LogP contribution in [0.1, 0.15) is 18.4 Å². The number of phenolic OH excluding ortho intramolecular Hbond substituents is 1. The second kappa shape index (κ2) is 7.49. The van der Waals surface area contributed by atoms with Crippen LogP contribution in [0.5, 0.6) is 5.75 Å². The van der Waals surface area contributed by atoms with E-state index in [9.17, 15) is 13.5 Å². The predicted octanol–water partition coefficient (Wildman–Crippen LogP) is 0.677. The van der Waals surface area contributed by atoms with Crippen LogP contribution in [0, 0.1) is 0 Å². The highest BCUT2D eigenvalue weighted by atomic mass is 32.2. The number of aryl methyl sites for hydroxylation is 1. The minimum Gasteiger partial charge on any atom is -0.508 e. The van der Waals surface area contributed by atoms with E-state index in [1.54, 1.807) is 19.2 Å². The lowest BCUT2D eigenvalue weighted by molar-refractivity contribution is 0.475. The number of hydrogen-bond donors (Lipinski definition) is 3. The second-order valence-electron chi connectivity index (χ2n) is 5.51. The molecule has 0 saturated carbocycles. The lowest BCUT2D eigenvalue weighted by Gasteiger charge is -2.16. The number of aromatic hydroxyl groups is 1. The van der Waals surface area contributed by atoms with Crippen molar-refractivity contribution in [3.8, 4) is 5.75 Å². The van der Waals surface area contributed by atoms with E-state index in [2.05, 4.69) is 15.6 Å². The van der Waals surface area contributed by atoms with Gasteiger partial charge in [0.15, 0.2) is 15.8 Å². The summed E-state index contributed by atoms with van der Waals surface area (Å²) in [6, 6.07) is 7.14. The Bertz CT molecular complexity index is 611. The van der Waals surface area contributed by atoms with Crippen molar-refractivity contribution in [1.82, 2.24) is 10.6 Å². The van der Waals surface area contributed by atoms with E-state index >= 15 is 0 Å². The zero-order chi connectivity index (χ0) is 16.0. The molecule has 0 aliphatic carbocycles. The molecule has 0 bridgehead atoms. The Balaban J connectivity index is 1.69. The Labute approximate surface area is 131 Å². The number of phenols is 1. The van der Waals surface area contributed by atoms with Gasteiger partial charge >= 0.3 is 0 Å². The number of nitrogens with zero attached hydrogens (tertiary/aromatic N) is 1. The van der Waals surface area contributed by atoms with Crippen LogP contribution in [0.4, 0.5) is 0 Å². The molecule has 1 unspecified atom stereocenters. The highest BCUT2D eigenvalue weighted by Gasteiger charge is 2.28. The van der Waals surface area contributed by atoms with Gasteiger partial charge in [-0.25, -0.2) is 8.42 Å². The van der Waals surface area contributed by atoms with Gasteiger partial charge in [0.2, 0.25) is 0 Å². The lowest BCUT2D eigenvalue weighted by Crippen LogP contribution is -2.44. The highest BCUT2D eigenvalue weighted by molar-refractivity contribution is 7.91. The third-order valence-electron chi connectivity index (χ3n) is 3.67. The van der Waals surface area contributed by atoms with Gasteiger partial charge < -0.3 is 15.7 Å². The summed E-state index contributed by atoms with van der Waals surface area (Å²) < 4.78 is 22.9. The predicted molar refractivity (Wildman–Crippen MR) is 88.0 cm³/mol. The largest absolute Gasteiger partial charge is 0.508 e. The summed E-state index contributed by atoms with van der Waals surface area (Å²) in [6.07, 6.45) is 2.47. The second-order valence-corrected chi connectivity index (χ2v) is 7.74. The van der Waals surface area contributed by atoms with Crippen LogP contribution >= 0.6 is 0 Å². The third kappa shape index (κ3) is 5.22. The standard InChI is InChI=1S/C15H23N3O3S/c1-16-15(18-13-8-10-22(20,21)11-13)17-9-2-3-12-4-6-14(19)7-5-12/h4-7,13,19H,2-3,8-11H2,1H3,(H2,16,17,18). The summed E-state index contributed by atoms with van der Waals surface area (Å²) in [6.45, 7) is 0.750. The smallest absolute Gasteiger partial charge is 0.191 e. The molecule has 22 heavy (non-hydrogen) atoms. The van der Waals surface area contributed by atoms with Crippen molar-refractivity contribution < 1.29 is 13.5 Å². The molecule has 1 atom stereocenters. The van der Waals surface area contributed by atoms with E-state index in [0.717, 1.165) is 19.4 Å². The van der Waals surface area contributed by atoms with Gasteiger partial charge in [0.05, 0.1) is 11.5 Å². The average molecular weight is 325 g/mol. The molecule has 1 heterocycles. The normalized spacial score (nSPS) is 20.8. The molecule has 2 rings (SSSR count). The van der Waals surface area contributed by atoms with Crippen LogP contribution in [-0.2, 0) is 16.3 Å². The van der Waals surface area contributed by atoms with Crippen LogP contribution < -0.4 is 10.6 Å². The molecule has 1 aromatic carbocycles. The number of guanidine groups is 1. The van der Waals surface area contributed by atoms with Crippen LogP contribution in [0.3, 0.4) is 0 Å². The fourth-order valence-corrected chi connectivity index (χ4v) is 4.13. The van der Waals surface area contributed by atoms with E-state index in [1.165, 1.54) is 5.56 Å². The molecule has 0 radical (unpaired) electrons. The van der Waals surface area contributed by atoms with E-state index in [4.69, 9.17) is 0 Å². The average Bonchev–Trinajstić information content (AvgIpc) is 2.83. The summed E-state index contributed by atoms with van der Waals surface area (Å²) >= 11 is 0. The minimum absolute atomic E-state index is 0.0479. The summed E-state index contributed by atoms with van der Waals surface area (Å²) in [4.78, 5) is 4.12. The first-order valence-electron chi connectivity index (χ1n) is 7.44. The van der Waals surface area contributed by atoms with Gasteiger partial charge in [-0.3, -0.25) is 4.99 Å². The highest BCUT2D eigenvalue weighted by Crippen LogP contribution is 2.11. The first-order valence-corrected chi connectivity index (χ1v) is 9.26. The Hall–Kier alpha value is -1.76. The zero-order valence-electron chi connectivity index (χ0n) is 12.7. The molecular weight excluding hydrogens is 302 g/mol. The minimum atomic E-state index is -2.88. The molecule has 1 aliphatic rings. The van der Waals surface area contributed by atoms with Gasteiger partial charge in [0, 0.05) is 19.6 Å². The number of benzene rings is 1. The molecule has 1 fully saturated rings. The molecule has 3 N–H and O–H groups in total. The van der Waals surface area contributed by atoms with Crippen molar-refractivity contribution in [3.05, 3.63) is 29.8 Å². The van der Waals surface area contributed by atoms with E-state index in [-0.39, 0.29) is 23.3 Å². The zero-order valence-corrected chi connectivity index (χ0v) is 13.6. The Morgan fingerprint density at radius 2 is 2.09 bits per heavy atom. The molecule has 7 heteroatoms. The van der Waals surface area contributed by atoms with Crippen molar-refractivity contribution in [2.45, 2.75) is 25.3 Å². The molecule has 0 amide bonds. The lowest BCUT2D eigenvalue weighted by atomic mass is 10.1. The van der Waals surface area contributed by atoms with E-state index < -0.39 is 9.84 Å². The maximum Gasteiger partial charge on any atom is 0.191 e. The Morgan fingerprint density at radius 1 is 1.36 bits per heavy atom. The first kappa shape index (κ1) is 16.6. The summed E-state index contributed by atoms with van der Waals surface area (Å²) in [5.41, 5.74) is 1.17. The number of aliphatic imine (C=N–C) groups is 1.